The lowest BCUT2D eigenvalue weighted by Gasteiger charge is -2.13. The molecular weight excluding hydrogens is 1830 g/mol. The van der Waals surface area contributed by atoms with Crippen LogP contribution < -0.4 is 29.6 Å². The second kappa shape index (κ2) is 32.0. The number of hydrogen-bond acceptors (Lipinski definition) is 22. The molecule has 0 radical (unpaired) electrons. The molecule has 2 amide bonds. The number of halogens is 8. The molecule has 498 valence electrons. The molecule has 8 aromatic carbocycles. The summed E-state index contributed by atoms with van der Waals surface area (Å²) in [6.07, 6.45) is -7.05. The quantitative estimate of drug-likeness (QED) is 0.0213. The van der Waals surface area contributed by atoms with E-state index in [1.54, 1.807) is 0 Å². The van der Waals surface area contributed by atoms with Gasteiger partial charge in [-0.2, -0.15) is 0 Å². The highest BCUT2D eigenvalue weighted by molar-refractivity contribution is 9.12. The standard InChI is InChI=1S/C62H28Br8N2O26/c63-31-15-37(51(75)76)45(41(67)19-31)91-59(87)95-55(83)27-9-28(56(84)96-60(88)92-46-38(52(77)78)16-32(64)20-42(46)68)12-35(11-27)71-49(73)25-5-1-23(2-6-25)24-3-7-26(8-4-24)50(74)72-36-13-29(57(85)97-61(89)93-47-39(53(79)80)17-33(65)21-43(47)69)10-30(14-36)58(86)98-62(90)94-48-40(54(81)82)18-34(66)22-44(48)70/h1-22H,(H,71,73)(H,72,74)(H,75,76)(H,77,78)(H,79,80)(H,81,82). The predicted octanol–water partition coefficient (Wildman–Crippen LogP) is 16.2. The first-order valence-corrected chi connectivity index (χ1v) is 32.3. The second-order valence-electron chi connectivity index (χ2n) is 18.9. The molecule has 0 atom stereocenters. The highest BCUT2D eigenvalue weighted by atomic mass is 79.9. The average molecular weight is 1860 g/mol. The minimum absolute atomic E-state index is 0.0578. The Morgan fingerprint density at radius 2 is 0.490 bits per heavy atom. The summed E-state index contributed by atoms with van der Waals surface area (Å²) in [6.45, 7) is 0. The Bertz CT molecular complexity index is 4260. The van der Waals surface area contributed by atoms with Gasteiger partial charge in [0.2, 0.25) is 0 Å². The van der Waals surface area contributed by atoms with Gasteiger partial charge in [-0.3, -0.25) is 9.59 Å². The fourth-order valence-electron chi connectivity index (χ4n) is 8.15. The molecule has 0 fully saturated rings. The molecular formula is C62H28Br8N2O26. The third kappa shape index (κ3) is 18.8. The number of rotatable bonds is 17. The molecule has 0 aliphatic carbocycles. The number of carbonyl (C=O) groups is 14. The van der Waals surface area contributed by atoms with E-state index in [9.17, 15) is 87.5 Å². The Morgan fingerprint density at radius 3 is 0.694 bits per heavy atom. The van der Waals surface area contributed by atoms with Crippen LogP contribution in [0.4, 0.5) is 30.6 Å². The lowest BCUT2D eigenvalue weighted by Crippen LogP contribution is -2.21. The Kier molecular flexibility index (Phi) is 24.2. The van der Waals surface area contributed by atoms with Crippen LogP contribution in [-0.4, -0.2) is 105 Å². The molecule has 0 aliphatic heterocycles. The SMILES string of the molecule is O=C(OC(=O)c1cc(NC(=O)c2ccc(-c3ccc(C(=O)Nc4cc(C(=O)OC(=O)Oc5c(Br)cc(Br)cc5C(=O)O)cc(C(=O)OC(=O)Oc5c(Br)cc(Br)cc5C(=O)O)c4)cc3)cc2)cc(C(=O)OC(=O)Oc2c(Br)cc(Br)cc2C(=O)O)c1)Oc1c(Br)cc(Br)cc1C(=O)O. The summed E-state index contributed by atoms with van der Waals surface area (Å²) in [5.41, 5.74) is -4.78. The van der Waals surface area contributed by atoms with Crippen LogP contribution in [0, 0.1) is 0 Å². The van der Waals surface area contributed by atoms with Gasteiger partial charge in [0, 0.05) is 40.4 Å². The topological polar surface area (TPSA) is 418 Å². The number of carboxylic acids is 4. The van der Waals surface area contributed by atoms with Crippen LogP contribution in [0.1, 0.15) is 104 Å². The minimum Gasteiger partial charge on any atom is -0.478 e. The summed E-state index contributed by atoms with van der Waals surface area (Å²) in [6, 6.07) is 26.1. The van der Waals surface area contributed by atoms with Gasteiger partial charge in [0.05, 0.1) is 40.1 Å². The van der Waals surface area contributed by atoms with E-state index < -0.39 is 152 Å². The van der Waals surface area contributed by atoms with Gasteiger partial charge >= 0.3 is 72.4 Å². The Labute approximate surface area is 612 Å². The molecule has 0 saturated carbocycles. The first kappa shape index (κ1) is 74.0. The van der Waals surface area contributed by atoms with Crippen molar-refractivity contribution in [3.8, 4) is 34.1 Å². The van der Waals surface area contributed by atoms with Gasteiger partial charge in [-0.15, -0.1) is 0 Å². The number of benzene rings is 8. The summed E-state index contributed by atoms with van der Waals surface area (Å²) in [5.74, 6) is -16.4. The van der Waals surface area contributed by atoms with Crippen LogP contribution in [0.15, 0.2) is 169 Å². The number of aromatic carboxylic acids is 4. The fourth-order valence-corrected chi connectivity index (χ4v) is 13.4. The number of nitrogens with one attached hydrogen (secondary N) is 2. The summed E-state index contributed by atoms with van der Waals surface area (Å²) in [7, 11) is 0. The number of esters is 4. The normalized spacial score (nSPS) is 10.6. The van der Waals surface area contributed by atoms with Gasteiger partial charge in [0.25, 0.3) is 11.8 Å². The monoisotopic (exact) mass is 1850 g/mol. The Morgan fingerprint density at radius 1 is 0.276 bits per heavy atom. The first-order chi connectivity index (χ1) is 46.2. The molecule has 28 nitrogen and oxygen atoms in total. The number of amides is 2. The molecule has 98 heavy (non-hydrogen) atoms. The van der Waals surface area contributed by atoms with Crippen molar-refractivity contribution in [3.05, 3.63) is 225 Å². The zero-order valence-corrected chi connectivity index (χ0v) is 60.2. The van der Waals surface area contributed by atoms with Crippen molar-refractivity contribution in [2.24, 2.45) is 0 Å². The van der Waals surface area contributed by atoms with Crippen molar-refractivity contribution in [1.29, 1.82) is 0 Å². The highest BCUT2D eigenvalue weighted by Gasteiger charge is 2.30. The maximum atomic E-state index is 13.8. The van der Waals surface area contributed by atoms with Crippen LogP contribution in [0.25, 0.3) is 11.1 Å². The van der Waals surface area contributed by atoms with E-state index in [2.05, 4.69) is 138 Å². The highest BCUT2D eigenvalue weighted by Crippen LogP contribution is 2.38. The van der Waals surface area contributed by atoms with Crippen LogP contribution in [0.5, 0.6) is 23.0 Å². The van der Waals surface area contributed by atoms with E-state index in [1.807, 2.05) is 0 Å². The largest absolute Gasteiger partial charge is 0.522 e. The first-order valence-electron chi connectivity index (χ1n) is 26.0. The van der Waals surface area contributed by atoms with E-state index >= 15 is 0 Å². The van der Waals surface area contributed by atoms with E-state index in [0.717, 1.165) is 60.7 Å². The fraction of sp³-hybridized carbons (Fsp3) is 0. The van der Waals surface area contributed by atoms with E-state index in [1.165, 1.54) is 72.8 Å². The smallest absolute Gasteiger partial charge is 0.478 e. The zero-order chi connectivity index (χ0) is 71.7. The lowest BCUT2D eigenvalue weighted by atomic mass is 10.0. The Hall–Kier alpha value is -9.82. The lowest BCUT2D eigenvalue weighted by molar-refractivity contribution is 0.0499. The minimum atomic E-state index is -1.76. The van der Waals surface area contributed by atoms with Crippen LogP contribution in [-0.2, 0) is 18.9 Å². The van der Waals surface area contributed by atoms with Crippen molar-refractivity contribution >= 4 is 223 Å². The van der Waals surface area contributed by atoms with Gasteiger partial charge in [0.15, 0.2) is 23.0 Å². The maximum absolute atomic E-state index is 13.8. The number of hydrogen-bond donors (Lipinski definition) is 6. The molecule has 0 bridgehead atoms. The maximum Gasteiger partial charge on any atom is 0.522 e. The molecule has 0 aliphatic rings. The summed E-state index contributed by atoms with van der Waals surface area (Å²) in [4.78, 5) is 181. The molecule has 0 aromatic heterocycles. The van der Waals surface area contributed by atoms with E-state index in [-0.39, 0.29) is 58.3 Å². The predicted molar refractivity (Wildman–Crippen MR) is 362 cm³/mol. The third-order valence-corrected chi connectivity index (χ3v) is 16.5. The van der Waals surface area contributed by atoms with Gasteiger partial charge in [-0.25, -0.2) is 57.5 Å². The number of anilines is 2. The van der Waals surface area contributed by atoms with Gasteiger partial charge < -0.3 is 69.0 Å². The van der Waals surface area contributed by atoms with Crippen LogP contribution >= 0.6 is 127 Å². The summed E-state index contributed by atoms with van der Waals surface area (Å²) in [5, 5.41) is 43.7. The third-order valence-electron chi connectivity index (χ3n) is 12.4. The van der Waals surface area contributed by atoms with Crippen molar-refractivity contribution in [3.63, 3.8) is 0 Å². The molecule has 0 spiro atoms. The van der Waals surface area contributed by atoms with E-state index in [4.69, 9.17) is 37.9 Å². The molecule has 0 unspecified atom stereocenters. The van der Waals surface area contributed by atoms with Crippen molar-refractivity contribution < 1.29 is 125 Å². The summed E-state index contributed by atoms with van der Waals surface area (Å²) >= 11 is 24.7. The van der Waals surface area contributed by atoms with Crippen LogP contribution in [0.3, 0.4) is 0 Å². The molecule has 8 aromatic rings. The van der Waals surface area contributed by atoms with Crippen molar-refractivity contribution in [1.82, 2.24) is 0 Å². The summed E-state index contributed by atoms with van der Waals surface area (Å²) < 4.78 is 40.2. The number of carbonyl (C=O) groups excluding carboxylic acids is 10. The molecule has 8 rings (SSSR count). The molecule has 0 heterocycles. The molecule has 6 N–H and O–H groups in total. The average Bonchev–Trinajstić information content (AvgIpc) is 0.834. The molecule has 0 saturated heterocycles. The Balaban J connectivity index is 1.00. The van der Waals surface area contributed by atoms with Crippen molar-refractivity contribution in [2.75, 3.05) is 10.6 Å². The molecule has 36 heteroatoms. The van der Waals surface area contributed by atoms with Crippen molar-refractivity contribution in [2.45, 2.75) is 0 Å². The number of carboxylic acid groups (broad SMARTS) is 4. The zero-order valence-electron chi connectivity index (χ0n) is 47.5. The van der Waals surface area contributed by atoms with Crippen LogP contribution in [0.2, 0.25) is 0 Å². The number of ether oxygens (including phenoxy) is 8. The van der Waals surface area contributed by atoms with Gasteiger partial charge in [-0.1, -0.05) is 88.0 Å². The van der Waals surface area contributed by atoms with E-state index in [0.29, 0.717) is 11.1 Å². The van der Waals surface area contributed by atoms with Gasteiger partial charge in [-0.05, 0) is 184 Å². The van der Waals surface area contributed by atoms with Gasteiger partial charge in [0.1, 0.15) is 22.3 Å². The second-order valence-corrected chi connectivity index (χ2v) is 26.0.